The third-order valence-electron chi connectivity index (χ3n) is 5.62. The third kappa shape index (κ3) is 4.42. The number of sulfonamides is 1. The van der Waals surface area contributed by atoms with E-state index in [0.29, 0.717) is 22.2 Å². The number of carbonyl (C=O) groups excluding carboxylic acids is 1. The highest BCUT2D eigenvalue weighted by Crippen LogP contribution is 2.35. The molecular weight excluding hydrogens is 426 g/mol. The van der Waals surface area contributed by atoms with E-state index < -0.39 is 10.0 Å². The first-order valence-electron chi connectivity index (χ1n) is 10.3. The molecule has 2 aliphatic rings. The molecule has 2 saturated heterocycles. The van der Waals surface area contributed by atoms with E-state index in [1.165, 1.54) is 29.1 Å². The van der Waals surface area contributed by atoms with Crippen molar-refractivity contribution in [3.8, 4) is 10.6 Å². The van der Waals surface area contributed by atoms with Crippen LogP contribution in [0.1, 0.15) is 60.3 Å². The monoisotopic (exact) mass is 453 g/mol. The summed E-state index contributed by atoms with van der Waals surface area (Å²) in [6.45, 7) is 4.67. The van der Waals surface area contributed by atoms with Crippen molar-refractivity contribution >= 4 is 38.6 Å². The highest BCUT2D eigenvalue weighted by atomic mass is 32.2. The van der Waals surface area contributed by atoms with Crippen molar-refractivity contribution in [2.75, 3.05) is 26.2 Å². The van der Waals surface area contributed by atoms with E-state index in [9.17, 15) is 13.2 Å². The van der Waals surface area contributed by atoms with Gasteiger partial charge in [0.25, 0.3) is 15.9 Å². The van der Waals surface area contributed by atoms with Gasteiger partial charge in [0.1, 0.15) is 14.1 Å². The molecule has 0 atom stereocenters. The standard InChI is InChI=1S/C20H27N3O3S3/c1-15-18(20(24)22-9-5-4-6-10-22)28-19(21-15)16-13-17(27-14-16)29(25,26)23-11-7-2-3-8-12-23/h13-14H,2-12H2,1H3. The van der Waals surface area contributed by atoms with Gasteiger partial charge in [-0.05, 0) is 45.1 Å². The average molecular weight is 454 g/mol. The Morgan fingerprint density at radius 3 is 2.31 bits per heavy atom. The van der Waals surface area contributed by atoms with Crippen LogP contribution in [0.5, 0.6) is 0 Å². The largest absolute Gasteiger partial charge is 0.338 e. The second kappa shape index (κ2) is 8.83. The van der Waals surface area contributed by atoms with E-state index in [2.05, 4.69) is 4.98 Å². The molecule has 0 aliphatic carbocycles. The molecule has 0 spiro atoms. The van der Waals surface area contributed by atoms with Crippen molar-refractivity contribution in [3.05, 3.63) is 22.0 Å². The van der Waals surface area contributed by atoms with Crippen LogP contribution >= 0.6 is 22.7 Å². The Morgan fingerprint density at radius 2 is 1.62 bits per heavy atom. The zero-order chi connectivity index (χ0) is 20.4. The molecule has 0 saturated carbocycles. The van der Waals surface area contributed by atoms with E-state index in [1.54, 1.807) is 10.4 Å². The van der Waals surface area contributed by atoms with Crippen LogP contribution in [0.25, 0.3) is 10.6 Å². The molecule has 2 fully saturated rings. The first-order valence-corrected chi connectivity index (χ1v) is 13.5. The van der Waals surface area contributed by atoms with Crippen molar-refractivity contribution < 1.29 is 13.2 Å². The first-order chi connectivity index (χ1) is 14.0. The predicted molar refractivity (Wildman–Crippen MR) is 117 cm³/mol. The number of piperidine rings is 1. The summed E-state index contributed by atoms with van der Waals surface area (Å²) in [5.41, 5.74) is 1.51. The minimum Gasteiger partial charge on any atom is -0.338 e. The topological polar surface area (TPSA) is 70.6 Å². The van der Waals surface area contributed by atoms with Gasteiger partial charge in [-0.1, -0.05) is 12.8 Å². The summed E-state index contributed by atoms with van der Waals surface area (Å²) in [6.07, 6.45) is 7.31. The molecule has 2 aromatic heterocycles. The molecule has 6 nitrogen and oxygen atoms in total. The number of nitrogens with zero attached hydrogens (tertiary/aromatic N) is 3. The second-order valence-electron chi connectivity index (χ2n) is 7.76. The maximum absolute atomic E-state index is 13.0. The summed E-state index contributed by atoms with van der Waals surface area (Å²) in [4.78, 5) is 20.0. The quantitative estimate of drug-likeness (QED) is 0.689. The van der Waals surface area contributed by atoms with Gasteiger partial charge in [-0.25, -0.2) is 13.4 Å². The Kier molecular flexibility index (Phi) is 6.38. The lowest BCUT2D eigenvalue weighted by molar-refractivity contribution is 0.0728. The zero-order valence-electron chi connectivity index (χ0n) is 16.7. The molecule has 0 unspecified atom stereocenters. The van der Waals surface area contributed by atoms with Crippen LogP contribution in [0.3, 0.4) is 0 Å². The van der Waals surface area contributed by atoms with E-state index in [1.807, 2.05) is 17.2 Å². The number of rotatable bonds is 4. The smallest absolute Gasteiger partial charge is 0.265 e. The molecule has 2 aliphatic heterocycles. The van der Waals surface area contributed by atoms with Crippen LogP contribution in [0, 0.1) is 6.92 Å². The SMILES string of the molecule is Cc1nc(-c2csc(S(=O)(=O)N3CCCCCC3)c2)sc1C(=O)N1CCCCC1. The molecule has 158 valence electrons. The molecule has 4 heterocycles. The zero-order valence-corrected chi connectivity index (χ0v) is 19.2. The summed E-state index contributed by atoms with van der Waals surface area (Å²) in [5, 5.41) is 2.56. The molecule has 0 radical (unpaired) electrons. The summed E-state index contributed by atoms with van der Waals surface area (Å²) in [7, 11) is -3.46. The highest BCUT2D eigenvalue weighted by Gasteiger charge is 2.28. The van der Waals surface area contributed by atoms with E-state index in [-0.39, 0.29) is 5.91 Å². The molecule has 4 rings (SSSR count). The van der Waals surface area contributed by atoms with E-state index in [4.69, 9.17) is 0 Å². The number of amides is 1. The number of likely N-dealkylation sites (tertiary alicyclic amines) is 1. The van der Waals surface area contributed by atoms with Crippen LogP contribution in [0.2, 0.25) is 0 Å². The van der Waals surface area contributed by atoms with Crippen molar-refractivity contribution in [1.82, 2.24) is 14.2 Å². The lowest BCUT2D eigenvalue weighted by Crippen LogP contribution is -2.35. The van der Waals surface area contributed by atoms with Gasteiger partial charge in [0, 0.05) is 37.1 Å². The number of hydrogen-bond acceptors (Lipinski definition) is 6. The maximum Gasteiger partial charge on any atom is 0.265 e. The molecule has 1 amide bonds. The lowest BCUT2D eigenvalue weighted by Gasteiger charge is -2.26. The fourth-order valence-corrected chi connectivity index (χ4v) is 7.86. The third-order valence-corrected chi connectivity index (χ3v) is 10.1. The van der Waals surface area contributed by atoms with Crippen molar-refractivity contribution in [1.29, 1.82) is 0 Å². The van der Waals surface area contributed by atoms with Gasteiger partial charge in [0.2, 0.25) is 0 Å². The average Bonchev–Trinajstić information content (AvgIpc) is 3.27. The van der Waals surface area contributed by atoms with Crippen LogP contribution < -0.4 is 0 Å². The van der Waals surface area contributed by atoms with Crippen LogP contribution in [0.4, 0.5) is 0 Å². The summed E-state index contributed by atoms with van der Waals surface area (Å²) in [6, 6.07) is 1.72. The summed E-state index contributed by atoms with van der Waals surface area (Å²) in [5.74, 6) is 0.0543. The van der Waals surface area contributed by atoms with Crippen LogP contribution in [0.15, 0.2) is 15.7 Å². The van der Waals surface area contributed by atoms with Crippen LogP contribution in [-0.2, 0) is 10.0 Å². The fourth-order valence-electron chi connectivity index (χ4n) is 3.93. The minimum absolute atomic E-state index is 0.0543. The molecule has 0 bridgehead atoms. The maximum atomic E-state index is 13.0. The van der Waals surface area contributed by atoms with E-state index in [0.717, 1.165) is 67.9 Å². The first kappa shape index (κ1) is 21.0. The Labute approximate surface area is 180 Å². The van der Waals surface area contributed by atoms with E-state index >= 15 is 0 Å². The number of aromatic nitrogens is 1. The van der Waals surface area contributed by atoms with Crippen molar-refractivity contribution in [3.63, 3.8) is 0 Å². The molecule has 0 aromatic carbocycles. The van der Waals surface area contributed by atoms with Crippen molar-refractivity contribution in [2.45, 2.75) is 56.1 Å². The Balaban J connectivity index is 1.56. The fraction of sp³-hybridized carbons (Fsp3) is 0.600. The lowest BCUT2D eigenvalue weighted by atomic mass is 10.1. The van der Waals surface area contributed by atoms with Gasteiger partial charge < -0.3 is 4.90 Å². The van der Waals surface area contributed by atoms with Gasteiger partial charge in [0.05, 0.1) is 5.69 Å². The number of aryl methyl sites for hydroxylation is 1. The molecule has 29 heavy (non-hydrogen) atoms. The van der Waals surface area contributed by atoms with Gasteiger partial charge in [-0.3, -0.25) is 4.79 Å². The molecule has 9 heteroatoms. The molecule has 0 N–H and O–H groups in total. The second-order valence-corrected chi connectivity index (χ2v) is 11.8. The summed E-state index contributed by atoms with van der Waals surface area (Å²) < 4.78 is 28.0. The summed E-state index contributed by atoms with van der Waals surface area (Å²) >= 11 is 2.62. The van der Waals surface area contributed by atoms with Gasteiger partial charge >= 0.3 is 0 Å². The molecule has 2 aromatic rings. The number of thiazole rings is 1. The Bertz CT molecular complexity index is 966. The minimum atomic E-state index is -3.46. The Hall–Kier alpha value is -1.29. The Morgan fingerprint density at radius 1 is 1.00 bits per heavy atom. The van der Waals surface area contributed by atoms with Gasteiger partial charge in [-0.15, -0.1) is 22.7 Å². The number of hydrogen-bond donors (Lipinski definition) is 0. The highest BCUT2D eigenvalue weighted by molar-refractivity contribution is 7.91. The molecular formula is C20H27N3O3S3. The predicted octanol–water partition coefficient (Wildman–Crippen LogP) is 4.37. The number of carbonyl (C=O) groups is 1. The number of thiophene rings is 1. The van der Waals surface area contributed by atoms with Crippen molar-refractivity contribution in [2.24, 2.45) is 0 Å². The van der Waals surface area contributed by atoms with Gasteiger partial charge in [0.15, 0.2) is 0 Å². The normalized spacial score (nSPS) is 19.3. The van der Waals surface area contributed by atoms with Crippen LogP contribution in [-0.4, -0.2) is 54.7 Å². The van der Waals surface area contributed by atoms with Gasteiger partial charge in [-0.2, -0.15) is 4.31 Å².